The summed E-state index contributed by atoms with van der Waals surface area (Å²) < 4.78 is 23.3. The van der Waals surface area contributed by atoms with Crippen LogP contribution in [0.3, 0.4) is 0 Å². The first-order valence-corrected chi connectivity index (χ1v) is 3.19. The standard InChI is InChI=1S/C5H10F2N2S/c1-8-5(10)9(2)3-4(6)7/h4H,3H2,1-2H3,(H,8,10). The van der Waals surface area contributed by atoms with E-state index in [0.717, 1.165) is 0 Å². The van der Waals surface area contributed by atoms with Gasteiger partial charge in [-0.2, -0.15) is 0 Å². The van der Waals surface area contributed by atoms with Gasteiger partial charge in [0.2, 0.25) is 0 Å². The molecular formula is C5H10F2N2S. The van der Waals surface area contributed by atoms with Crippen LogP contribution >= 0.6 is 12.2 Å². The second kappa shape index (κ2) is 4.38. The van der Waals surface area contributed by atoms with Gasteiger partial charge in [0.05, 0.1) is 6.54 Å². The summed E-state index contributed by atoms with van der Waals surface area (Å²) in [6.07, 6.45) is -2.34. The molecule has 0 aliphatic carbocycles. The molecule has 0 amide bonds. The van der Waals surface area contributed by atoms with Crippen LogP contribution in [-0.2, 0) is 0 Å². The van der Waals surface area contributed by atoms with Crippen molar-refractivity contribution in [2.45, 2.75) is 6.43 Å². The first-order valence-electron chi connectivity index (χ1n) is 2.79. The third kappa shape index (κ3) is 3.55. The van der Waals surface area contributed by atoms with E-state index >= 15 is 0 Å². The summed E-state index contributed by atoms with van der Waals surface area (Å²) in [6, 6.07) is 0. The van der Waals surface area contributed by atoms with Gasteiger partial charge in [-0.05, 0) is 12.2 Å². The molecule has 0 saturated carbocycles. The number of nitrogens with one attached hydrogen (secondary N) is 1. The number of nitrogens with zero attached hydrogens (tertiary/aromatic N) is 1. The number of hydrogen-bond acceptors (Lipinski definition) is 1. The molecule has 0 aromatic heterocycles. The molecule has 0 aliphatic rings. The number of alkyl halides is 2. The third-order valence-electron chi connectivity index (χ3n) is 0.972. The summed E-state index contributed by atoms with van der Waals surface area (Å²) in [4.78, 5) is 1.29. The topological polar surface area (TPSA) is 15.3 Å². The van der Waals surface area contributed by atoms with Crippen molar-refractivity contribution >= 4 is 17.3 Å². The smallest absolute Gasteiger partial charge is 0.255 e. The molecule has 0 saturated heterocycles. The lowest BCUT2D eigenvalue weighted by Crippen LogP contribution is -2.37. The first-order chi connectivity index (χ1) is 4.57. The second-order valence-electron chi connectivity index (χ2n) is 1.83. The lowest BCUT2D eigenvalue weighted by Gasteiger charge is -2.18. The Morgan fingerprint density at radius 1 is 1.70 bits per heavy atom. The predicted octanol–water partition coefficient (Wildman–Crippen LogP) is 0.688. The van der Waals surface area contributed by atoms with Crippen LogP contribution in [0.25, 0.3) is 0 Å². The van der Waals surface area contributed by atoms with E-state index in [1.54, 1.807) is 7.05 Å². The van der Waals surface area contributed by atoms with E-state index in [-0.39, 0.29) is 6.54 Å². The fraction of sp³-hybridized carbons (Fsp3) is 0.800. The zero-order chi connectivity index (χ0) is 8.15. The highest BCUT2D eigenvalue weighted by Gasteiger charge is 2.08. The largest absolute Gasteiger partial charge is 0.366 e. The van der Waals surface area contributed by atoms with E-state index in [4.69, 9.17) is 0 Å². The normalized spacial score (nSPS) is 9.70. The van der Waals surface area contributed by atoms with Gasteiger partial charge >= 0.3 is 0 Å². The molecule has 0 atom stereocenters. The van der Waals surface area contributed by atoms with Gasteiger partial charge in [-0.1, -0.05) is 0 Å². The van der Waals surface area contributed by atoms with Crippen molar-refractivity contribution in [2.24, 2.45) is 0 Å². The van der Waals surface area contributed by atoms with Crippen molar-refractivity contribution in [3.05, 3.63) is 0 Å². The number of thiocarbonyl (C=S) groups is 1. The molecule has 0 aromatic rings. The fourth-order valence-electron chi connectivity index (χ4n) is 0.481. The van der Waals surface area contributed by atoms with Gasteiger partial charge in [0, 0.05) is 14.1 Å². The van der Waals surface area contributed by atoms with Gasteiger partial charge in [-0.3, -0.25) is 0 Å². The Morgan fingerprint density at radius 3 is 2.50 bits per heavy atom. The SMILES string of the molecule is CNC(=S)N(C)CC(F)F. The van der Waals surface area contributed by atoms with Crippen LogP contribution in [0.15, 0.2) is 0 Å². The van der Waals surface area contributed by atoms with Gasteiger partial charge < -0.3 is 10.2 Å². The quantitative estimate of drug-likeness (QED) is 0.611. The van der Waals surface area contributed by atoms with Crippen molar-refractivity contribution in [3.63, 3.8) is 0 Å². The van der Waals surface area contributed by atoms with Gasteiger partial charge in [-0.25, -0.2) is 8.78 Å². The van der Waals surface area contributed by atoms with Crippen LogP contribution in [0.2, 0.25) is 0 Å². The molecule has 60 valence electrons. The maximum Gasteiger partial charge on any atom is 0.255 e. The highest BCUT2D eigenvalue weighted by molar-refractivity contribution is 7.80. The first kappa shape index (κ1) is 9.55. The zero-order valence-electron chi connectivity index (χ0n) is 5.90. The summed E-state index contributed by atoms with van der Waals surface area (Å²) >= 11 is 4.68. The third-order valence-corrected chi connectivity index (χ3v) is 1.49. The predicted molar refractivity (Wildman–Crippen MR) is 40.3 cm³/mol. The average Bonchev–Trinajstić information content (AvgIpc) is 1.85. The minimum Gasteiger partial charge on any atom is -0.366 e. The molecule has 0 aromatic carbocycles. The maximum absolute atomic E-state index is 11.7. The van der Waals surface area contributed by atoms with E-state index in [1.165, 1.54) is 11.9 Å². The summed E-state index contributed by atoms with van der Waals surface area (Å²) in [6.45, 7) is -0.320. The summed E-state index contributed by atoms with van der Waals surface area (Å²) in [5, 5.41) is 2.93. The molecule has 1 N–H and O–H groups in total. The van der Waals surface area contributed by atoms with Crippen molar-refractivity contribution in [1.82, 2.24) is 10.2 Å². The zero-order valence-corrected chi connectivity index (χ0v) is 6.71. The lowest BCUT2D eigenvalue weighted by atomic mass is 10.6. The Hall–Kier alpha value is -0.450. The Labute approximate surface area is 64.2 Å². The molecule has 0 aliphatic heterocycles. The van der Waals surface area contributed by atoms with Crippen LogP contribution < -0.4 is 5.32 Å². The number of hydrogen-bond donors (Lipinski definition) is 1. The van der Waals surface area contributed by atoms with E-state index in [9.17, 15) is 8.78 Å². The lowest BCUT2D eigenvalue weighted by molar-refractivity contribution is 0.123. The number of halogens is 2. The molecule has 0 radical (unpaired) electrons. The van der Waals surface area contributed by atoms with Crippen molar-refractivity contribution in [3.8, 4) is 0 Å². The molecule has 0 unspecified atom stereocenters. The van der Waals surface area contributed by atoms with Crippen LogP contribution in [0, 0.1) is 0 Å². The minimum atomic E-state index is -2.34. The van der Waals surface area contributed by atoms with E-state index in [1.807, 2.05) is 0 Å². The van der Waals surface area contributed by atoms with Crippen molar-refractivity contribution in [2.75, 3.05) is 20.6 Å². The molecule has 0 rings (SSSR count). The molecule has 0 heterocycles. The Bertz CT molecular complexity index is 118. The molecule has 0 bridgehead atoms. The molecule has 2 nitrogen and oxygen atoms in total. The molecule has 0 spiro atoms. The monoisotopic (exact) mass is 168 g/mol. The molecular weight excluding hydrogens is 158 g/mol. The Balaban J connectivity index is 3.61. The van der Waals surface area contributed by atoms with Gasteiger partial charge in [0.25, 0.3) is 6.43 Å². The van der Waals surface area contributed by atoms with E-state index < -0.39 is 6.43 Å². The number of rotatable bonds is 2. The van der Waals surface area contributed by atoms with E-state index in [2.05, 4.69) is 17.5 Å². The van der Waals surface area contributed by atoms with Crippen LogP contribution in [0.5, 0.6) is 0 Å². The summed E-state index contributed by atoms with van der Waals surface area (Å²) in [7, 11) is 3.12. The van der Waals surface area contributed by atoms with Gasteiger partial charge in [0.1, 0.15) is 0 Å². The molecule has 5 heteroatoms. The highest BCUT2D eigenvalue weighted by atomic mass is 32.1. The van der Waals surface area contributed by atoms with E-state index in [0.29, 0.717) is 5.11 Å². The maximum atomic E-state index is 11.7. The molecule has 10 heavy (non-hydrogen) atoms. The molecule has 0 fully saturated rings. The Morgan fingerprint density at radius 2 is 2.20 bits per heavy atom. The van der Waals surface area contributed by atoms with Crippen molar-refractivity contribution in [1.29, 1.82) is 0 Å². The summed E-state index contributed by atoms with van der Waals surface area (Å²) in [5.74, 6) is 0. The highest BCUT2D eigenvalue weighted by Crippen LogP contribution is 1.95. The van der Waals surface area contributed by atoms with Gasteiger partial charge in [-0.15, -0.1) is 0 Å². The minimum absolute atomic E-state index is 0.320. The Kier molecular flexibility index (Phi) is 4.18. The average molecular weight is 168 g/mol. The van der Waals surface area contributed by atoms with Crippen molar-refractivity contribution < 1.29 is 8.78 Å². The second-order valence-corrected chi connectivity index (χ2v) is 2.21. The fourth-order valence-corrected chi connectivity index (χ4v) is 0.555. The van der Waals surface area contributed by atoms with Crippen LogP contribution in [0.1, 0.15) is 0 Å². The summed E-state index contributed by atoms with van der Waals surface area (Å²) in [5.41, 5.74) is 0. The van der Waals surface area contributed by atoms with Gasteiger partial charge in [0.15, 0.2) is 5.11 Å². The van der Waals surface area contributed by atoms with Crippen LogP contribution in [0.4, 0.5) is 8.78 Å². The van der Waals surface area contributed by atoms with Crippen LogP contribution in [-0.4, -0.2) is 37.1 Å².